The van der Waals surface area contributed by atoms with E-state index in [4.69, 9.17) is 4.74 Å². The number of ether oxygens (including phenoxy) is 1. The van der Waals surface area contributed by atoms with Crippen LogP contribution in [0.4, 0.5) is 0 Å². The van der Waals surface area contributed by atoms with Crippen molar-refractivity contribution < 1.29 is 4.74 Å². The number of rotatable bonds is 2. The zero-order chi connectivity index (χ0) is 14.0. The molecule has 5 heteroatoms. The van der Waals surface area contributed by atoms with Crippen molar-refractivity contribution in [2.75, 3.05) is 7.11 Å². The van der Waals surface area contributed by atoms with Crippen LogP contribution in [0.2, 0.25) is 0 Å². The van der Waals surface area contributed by atoms with E-state index in [2.05, 4.69) is 15.0 Å². The lowest BCUT2D eigenvalue weighted by molar-refractivity contribution is 0.398. The van der Waals surface area contributed by atoms with E-state index in [1.54, 1.807) is 19.4 Å². The van der Waals surface area contributed by atoms with Gasteiger partial charge in [0, 0.05) is 29.3 Å². The first-order chi connectivity index (χ1) is 8.90. The van der Waals surface area contributed by atoms with Gasteiger partial charge in [0.1, 0.15) is 5.82 Å². The SMILES string of the molecule is COc1ccc(-c2cc(=O)[nH]c(C(C)(C)C)n2)cn1. The molecule has 0 aliphatic heterocycles. The summed E-state index contributed by atoms with van der Waals surface area (Å²) < 4.78 is 5.01. The second-order valence-electron chi connectivity index (χ2n) is 5.32. The van der Waals surface area contributed by atoms with Crippen LogP contribution < -0.4 is 10.3 Å². The Morgan fingerprint density at radius 2 is 2.00 bits per heavy atom. The number of nitrogens with zero attached hydrogens (tertiary/aromatic N) is 2. The Kier molecular flexibility index (Phi) is 3.38. The van der Waals surface area contributed by atoms with E-state index in [9.17, 15) is 4.79 Å². The van der Waals surface area contributed by atoms with Crippen LogP contribution in [0.15, 0.2) is 29.2 Å². The largest absolute Gasteiger partial charge is 0.481 e. The maximum atomic E-state index is 11.7. The molecule has 0 fully saturated rings. The number of aromatic amines is 1. The summed E-state index contributed by atoms with van der Waals surface area (Å²) in [4.78, 5) is 23.1. The first-order valence-corrected chi connectivity index (χ1v) is 6.02. The molecule has 0 saturated carbocycles. The first kappa shape index (κ1) is 13.3. The molecule has 0 aliphatic rings. The van der Waals surface area contributed by atoms with Crippen molar-refractivity contribution in [1.82, 2.24) is 15.0 Å². The number of hydrogen-bond acceptors (Lipinski definition) is 4. The minimum atomic E-state index is -0.213. The number of aromatic nitrogens is 3. The molecule has 0 unspecified atom stereocenters. The van der Waals surface area contributed by atoms with Crippen LogP contribution in [0.5, 0.6) is 5.88 Å². The first-order valence-electron chi connectivity index (χ1n) is 6.02. The molecule has 0 aliphatic carbocycles. The number of H-pyrrole nitrogens is 1. The summed E-state index contributed by atoms with van der Waals surface area (Å²) in [6.45, 7) is 6.00. The lowest BCUT2D eigenvalue weighted by Crippen LogP contribution is -2.21. The summed E-state index contributed by atoms with van der Waals surface area (Å²) >= 11 is 0. The standard InChI is InChI=1S/C14H17N3O2/c1-14(2,3)13-16-10(7-11(18)17-13)9-5-6-12(19-4)15-8-9/h5-8H,1-4H3,(H,16,17,18). The summed E-state index contributed by atoms with van der Waals surface area (Å²) in [5.41, 5.74) is 1.03. The van der Waals surface area contributed by atoms with E-state index in [0.29, 0.717) is 17.4 Å². The number of methoxy groups -OCH3 is 1. The molecule has 0 amide bonds. The second-order valence-corrected chi connectivity index (χ2v) is 5.32. The predicted octanol–water partition coefficient (Wildman–Crippen LogP) is 2.14. The molecule has 0 saturated heterocycles. The average molecular weight is 259 g/mol. The molecule has 5 nitrogen and oxygen atoms in total. The fourth-order valence-electron chi connectivity index (χ4n) is 1.61. The zero-order valence-electron chi connectivity index (χ0n) is 11.5. The van der Waals surface area contributed by atoms with Crippen molar-refractivity contribution in [2.24, 2.45) is 0 Å². The van der Waals surface area contributed by atoms with Gasteiger partial charge in [-0.05, 0) is 6.07 Å². The highest BCUT2D eigenvalue weighted by Gasteiger charge is 2.18. The van der Waals surface area contributed by atoms with Gasteiger partial charge in [0.05, 0.1) is 12.8 Å². The molecule has 2 rings (SSSR count). The summed E-state index contributed by atoms with van der Waals surface area (Å²) in [6, 6.07) is 5.05. The van der Waals surface area contributed by atoms with Crippen molar-refractivity contribution in [3.05, 3.63) is 40.6 Å². The predicted molar refractivity (Wildman–Crippen MR) is 73.3 cm³/mol. The van der Waals surface area contributed by atoms with Crippen molar-refractivity contribution in [3.63, 3.8) is 0 Å². The van der Waals surface area contributed by atoms with Gasteiger partial charge < -0.3 is 9.72 Å². The van der Waals surface area contributed by atoms with Crippen LogP contribution in [0.1, 0.15) is 26.6 Å². The highest BCUT2D eigenvalue weighted by Crippen LogP contribution is 2.21. The molecule has 0 atom stereocenters. The van der Waals surface area contributed by atoms with Gasteiger partial charge in [-0.3, -0.25) is 4.79 Å². The minimum Gasteiger partial charge on any atom is -0.481 e. The minimum absolute atomic E-state index is 0.161. The molecule has 100 valence electrons. The van der Waals surface area contributed by atoms with Gasteiger partial charge in [0.15, 0.2) is 0 Å². The Hall–Kier alpha value is -2.17. The summed E-state index contributed by atoms with van der Waals surface area (Å²) in [5, 5.41) is 0. The van der Waals surface area contributed by atoms with Crippen LogP contribution in [-0.2, 0) is 5.41 Å². The van der Waals surface area contributed by atoms with E-state index in [1.165, 1.54) is 6.07 Å². The molecule has 1 N–H and O–H groups in total. The van der Waals surface area contributed by atoms with Gasteiger partial charge in [-0.2, -0.15) is 0 Å². The summed E-state index contributed by atoms with van der Waals surface area (Å²) in [6.07, 6.45) is 1.65. The Morgan fingerprint density at radius 1 is 1.26 bits per heavy atom. The number of nitrogens with one attached hydrogen (secondary N) is 1. The van der Waals surface area contributed by atoms with Gasteiger partial charge >= 0.3 is 0 Å². The Morgan fingerprint density at radius 3 is 2.53 bits per heavy atom. The maximum Gasteiger partial charge on any atom is 0.251 e. The van der Waals surface area contributed by atoms with Crippen molar-refractivity contribution >= 4 is 0 Å². The third-order valence-corrected chi connectivity index (χ3v) is 2.69. The Bertz CT molecular complexity index is 624. The van der Waals surface area contributed by atoms with Crippen LogP contribution in [-0.4, -0.2) is 22.1 Å². The molecule has 0 radical (unpaired) electrons. The Labute approximate surface area is 111 Å². The molecule has 0 bridgehead atoms. The number of hydrogen-bond donors (Lipinski definition) is 1. The van der Waals surface area contributed by atoms with Crippen LogP contribution in [0.3, 0.4) is 0 Å². The third kappa shape index (κ3) is 2.99. The molecule has 0 aromatic carbocycles. The molecule has 2 heterocycles. The topological polar surface area (TPSA) is 67.9 Å². The molecule has 2 aromatic heterocycles. The monoisotopic (exact) mass is 259 g/mol. The van der Waals surface area contributed by atoms with Crippen LogP contribution in [0, 0.1) is 0 Å². The lowest BCUT2D eigenvalue weighted by atomic mass is 9.95. The van der Waals surface area contributed by atoms with E-state index in [0.717, 1.165) is 5.56 Å². The average Bonchev–Trinajstić information content (AvgIpc) is 2.37. The van der Waals surface area contributed by atoms with Gasteiger partial charge in [0.25, 0.3) is 5.56 Å². The van der Waals surface area contributed by atoms with Crippen molar-refractivity contribution in [1.29, 1.82) is 0 Å². The van der Waals surface area contributed by atoms with Gasteiger partial charge in [0.2, 0.25) is 5.88 Å². The molecule has 19 heavy (non-hydrogen) atoms. The van der Waals surface area contributed by atoms with E-state index < -0.39 is 0 Å². The molecule has 0 spiro atoms. The highest BCUT2D eigenvalue weighted by molar-refractivity contribution is 5.57. The lowest BCUT2D eigenvalue weighted by Gasteiger charge is -2.17. The fraction of sp³-hybridized carbons (Fsp3) is 0.357. The van der Waals surface area contributed by atoms with E-state index >= 15 is 0 Å². The normalized spacial score (nSPS) is 11.4. The number of pyridine rings is 1. The zero-order valence-corrected chi connectivity index (χ0v) is 11.5. The van der Waals surface area contributed by atoms with E-state index in [1.807, 2.05) is 26.8 Å². The van der Waals surface area contributed by atoms with Gasteiger partial charge in [-0.1, -0.05) is 20.8 Å². The smallest absolute Gasteiger partial charge is 0.251 e. The maximum absolute atomic E-state index is 11.7. The second kappa shape index (κ2) is 4.84. The molecular formula is C14H17N3O2. The highest BCUT2D eigenvalue weighted by atomic mass is 16.5. The molecule has 2 aromatic rings. The van der Waals surface area contributed by atoms with E-state index in [-0.39, 0.29) is 11.0 Å². The summed E-state index contributed by atoms with van der Waals surface area (Å²) in [5.74, 6) is 1.19. The molecular weight excluding hydrogens is 242 g/mol. The summed E-state index contributed by atoms with van der Waals surface area (Å²) in [7, 11) is 1.56. The van der Waals surface area contributed by atoms with Crippen molar-refractivity contribution in [2.45, 2.75) is 26.2 Å². The third-order valence-electron chi connectivity index (χ3n) is 2.69. The Balaban J connectivity index is 2.49. The van der Waals surface area contributed by atoms with Crippen LogP contribution >= 0.6 is 0 Å². The van der Waals surface area contributed by atoms with Crippen molar-refractivity contribution in [3.8, 4) is 17.1 Å². The fourth-order valence-corrected chi connectivity index (χ4v) is 1.61. The van der Waals surface area contributed by atoms with Crippen LogP contribution in [0.25, 0.3) is 11.3 Å². The quantitative estimate of drug-likeness (QED) is 0.897. The van der Waals surface area contributed by atoms with Gasteiger partial charge in [-0.25, -0.2) is 9.97 Å². The van der Waals surface area contributed by atoms with Gasteiger partial charge in [-0.15, -0.1) is 0 Å².